The number of carbonyl (C=O) groups is 2. The Kier molecular flexibility index (Phi) is 6.06. The molecule has 0 fully saturated rings. The molecule has 0 spiro atoms. The normalized spacial score (nSPS) is 13.4. The van der Waals surface area contributed by atoms with E-state index in [0.29, 0.717) is 0 Å². The third-order valence-corrected chi connectivity index (χ3v) is 2.87. The molecular weight excluding hydrogens is 244 g/mol. The fraction of sp³-hybridized carbons (Fsp3) is 0.467. The largest absolute Gasteiger partial charge is 0.465 e. The lowest BCUT2D eigenvalue weighted by Crippen LogP contribution is -2.23. The molecule has 19 heavy (non-hydrogen) atoms. The van der Waals surface area contributed by atoms with Gasteiger partial charge >= 0.3 is 11.9 Å². The van der Waals surface area contributed by atoms with Gasteiger partial charge in [-0.3, -0.25) is 9.59 Å². The molecule has 0 aliphatic heterocycles. The summed E-state index contributed by atoms with van der Waals surface area (Å²) in [6.45, 7) is 4.98. The predicted molar refractivity (Wildman–Crippen MR) is 71.4 cm³/mol. The predicted octanol–water partition coefficient (Wildman–Crippen LogP) is 2.88. The monoisotopic (exact) mass is 264 g/mol. The number of rotatable bonds is 6. The maximum absolute atomic E-state index is 11.3. The average Bonchev–Trinajstić information content (AvgIpc) is 2.38. The first-order valence-electron chi connectivity index (χ1n) is 6.40. The summed E-state index contributed by atoms with van der Waals surface area (Å²) in [5.41, 5.74) is 0.914. The Morgan fingerprint density at radius 1 is 1.11 bits per heavy atom. The topological polar surface area (TPSA) is 52.6 Å². The molecule has 0 amide bonds. The summed E-state index contributed by atoms with van der Waals surface area (Å²) in [6, 6.07) is 9.50. The number of benzene rings is 1. The fourth-order valence-corrected chi connectivity index (χ4v) is 1.90. The Morgan fingerprint density at radius 2 is 1.74 bits per heavy atom. The highest BCUT2D eigenvalue weighted by Crippen LogP contribution is 2.29. The second-order valence-corrected chi connectivity index (χ2v) is 4.41. The molecule has 1 aromatic rings. The van der Waals surface area contributed by atoms with Gasteiger partial charge in [-0.25, -0.2) is 0 Å². The van der Waals surface area contributed by atoms with E-state index in [4.69, 9.17) is 9.47 Å². The van der Waals surface area contributed by atoms with Crippen LogP contribution in [0.4, 0.5) is 0 Å². The van der Waals surface area contributed by atoms with Crippen molar-refractivity contribution in [2.24, 2.45) is 5.92 Å². The number of hydrogen-bond donors (Lipinski definition) is 0. The first-order chi connectivity index (χ1) is 9.04. The summed E-state index contributed by atoms with van der Waals surface area (Å²) in [4.78, 5) is 22.2. The third kappa shape index (κ3) is 5.12. The van der Waals surface area contributed by atoms with Gasteiger partial charge in [0.05, 0.1) is 6.61 Å². The van der Waals surface area contributed by atoms with Gasteiger partial charge in [0.25, 0.3) is 0 Å². The molecule has 2 unspecified atom stereocenters. The third-order valence-electron chi connectivity index (χ3n) is 2.87. The van der Waals surface area contributed by atoms with Gasteiger partial charge in [-0.05, 0) is 12.0 Å². The molecular formula is C15H20O4. The lowest BCUT2D eigenvalue weighted by molar-refractivity contribution is -0.153. The quantitative estimate of drug-likeness (QED) is 0.741. The Morgan fingerprint density at radius 3 is 2.21 bits per heavy atom. The number of ether oxygens (including phenoxy) is 2. The van der Waals surface area contributed by atoms with E-state index in [1.165, 1.54) is 13.8 Å². The maximum atomic E-state index is 11.3. The Balaban J connectivity index is 2.87. The van der Waals surface area contributed by atoms with Gasteiger partial charge in [0.2, 0.25) is 0 Å². The van der Waals surface area contributed by atoms with E-state index in [9.17, 15) is 9.59 Å². The van der Waals surface area contributed by atoms with Gasteiger partial charge < -0.3 is 9.47 Å². The zero-order chi connectivity index (χ0) is 14.3. The van der Waals surface area contributed by atoms with Crippen molar-refractivity contribution in [2.75, 3.05) is 6.61 Å². The second kappa shape index (κ2) is 7.56. The molecule has 0 saturated carbocycles. The highest BCUT2D eigenvalue weighted by atomic mass is 16.6. The molecule has 1 aromatic carbocycles. The molecule has 0 N–H and O–H groups in total. The van der Waals surface area contributed by atoms with Crippen LogP contribution < -0.4 is 0 Å². The van der Waals surface area contributed by atoms with Crippen molar-refractivity contribution < 1.29 is 19.1 Å². The second-order valence-electron chi connectivity index (χ2n) is 4.41. The van der Waals surface area contributed by atoms with Crippen LogP contribution >= 0.6 is 0 Å². The zero-order valence-electron chi connectivity index (χ0n) is 11.6. The summed E-state index contributed by atoms with van der Waals surface area (Å²) < 4.78 is 10.4. The van der Waals surface area contributed by atoms with E-state index in [0.717, 1.165) is 12.0 Å². The summed E-state index contributed by atoms with van der Waals surface area (Å²) in [7, 11) is 0. The van der Waals surface area contributed by atoms with Gasteiger partial charge in [-0.2, -0.15) is 0 Å². The van der Waals surface area contributed by atoms with Gasteiger partial charge in [0, 0.05) is 19.8 Å². The van der Waals surface area contributed by atoms with Crippen LogP contribution in [0.3, 0.4) is 0 Å². The zero-order valence-corrected chi connectivity index (χ0v) is 11.6. The van der Waals surface area contributed by atoms with Crippen molar-refractivity contribution in [1.29, 1.82) is 0 Å². The van der Waals surface area contributed by atoms with Crippen LogP contribution in [-0.4, -0.2) is 18.5 Å². The summed E-state index contributed by atoms with van der Waals surface area (Å²) in [5.74, 6) is -0.710. The molecule has 2 atom stereocenters. The summed E-state index contributed by atoms with van der Waals surface area (Å²) >= 11 is 0. The van der Waals surface area contributed by atoms with E-state index in [-0.39, 0.29) is 30.6 Å². The standard InChI is InChI=1S/C15H20O4/c1-4-13(10-18-11(2)16)15(19-12(3)17)14-8-6-5-7-9-14/h5-9,13,15H,4,10H2,1-3H3. The van der Waals surface area contributed by atoms with Crippen molar-refractivity contribution >= 4 is 11.9 Å². The van der Waals surface area contributed by atoms with Crippen molar-refractivity contribution in [1.82, 2.24) is 0 Å². The molecule has 1 rings (SSSR count). The highest BCUT2D eigenvalue weighted by molar-refractivity contribution is 5.66. The molecule has 0 aliphatic carbocycles. The van der Waals surface area contributed by atoms with Crippen LogP contribution in [0, 0.1) is 5.92 Å². The van der Waals surface area contributed by atoms with Crippen LogP contribution in [0.25, 0.3) is 0 Å². The number of hydrogen-bond acceptors (Lipinski definition) is 4. The van der Waals surface area contributed by atoms with E-state index in [1.807, 2.05) is 37.3 Å². The van der Waals surface area contributed by atoms with Crippen LogP contribution in [-0.2, 0) is 19.1 Å². The minimum absolute atomic E-state index is 0.0461. The van der Waals surface area contributed by atoms with E-state index < -0.39 is 0 Å². The van der Waals surface area contributed by atoms with Gasteiger partial charge in [0.1, 0.15) is 6.10 Å². The first-order valence-corrected chi connectivity index (χ1v) is 6.40. The fourth-order valence-electron chi connectivity index (χ4n) is 1.90. The van der Waals surface area contributed by atoms with Gasteiger partial charge in [0.15, 0.2) is 0 Å². The molecule has 0 bridgehead atoms. The Labute approximate surface area is 113 Å². The van der Waals surface area contributed by atoms with E-state index in [1.54, 1.807) is 0 Å². The Hall–Kier alpha value is -1.84. The molecule has 4 heteroatoms. The molecule has 104 valence electrons. The average molecular weight is 264 g/mol. The lowest BCUT2D eigenvalue weighted by Gasteiger charge is -2.25. The van der Waals surface area contributed by atoms with Crippen molar-refractivity contribution in [3.8, 4) is 0 Å². The number of esters is 2. The van der Waals surface area contributed by atoms with Crippen LogP contribution in [0.5, 0.6) is 0 Å². The molecule has 0 heterocycles. The molecule has 0 radical (unpaired) electrons. The number of carbonyl (C=O) groups excluding carboxylic acids is 2. The molecule has 0 aromatic heterocycles. The van der Waals surface area contributed by atoms with Crippen molar-refractivity contribution in [3.05, 3.63) is 35.9 Å². The van der Waals surface area contributed by atoms with E-state index in [2.05, 4.69) is 0 Å². The van der Waals surface area contributed by atoms with Crippen LogP contribution in [0.15, 0.2) is 30.3 Å². The van der Waals surface area contributed by atoms with Crippen LogP contribution in [0.2, 0.25) is 0 Å². The van der Waals surface area contributed by atoms with Crippen molar-refractivity contribution in [2.45, 2.75) is 33.3 Å². The summed E-state index contributed by atoms with van der Waals surface area (Å²) in [6.07, 6.45) is 0.364. The van der Waals surface area contributed by atoms with E-state index >= 15 is 0 Å². The molecule has 0 saturated heterocycles. The highest BCUT2D eigenvalue weighted by Gasteiger charge is 2.25. The minimum Gasteiger partial charge on any atom is -0.465 e. The summed E-state index contributed by atoms with van der Waals surface area (Å²) in [5, 5.41) is 0. The van der Waals surface area contributed by atoms with Crippen molar-refractivity contribution in [3.63, 3.8) is 0 Å². The minimum atomic E-state index is -0.386. The molecule has 4 nitrogen and oxygen atoms in total. The van der Waals surface area contributed by atoms with Gasteiger partial charge in [-0.1, -0.05) is 37.3 Å². The Bertz CT molecular complexity index is 413. The lowest BCUT2D eigenvalue weighted by atomic mass is 9.94. The maximum Gasteiger partial charge on any atom is 0.303 e. The first kappa shape index (κ1) is 15.2. The molecule has 0 aliphatic rings. The van der Waals surface area contributed by atoms with Gasteiger partial charge in [-0.15, -0.1) is 0 Å². The van der Waals surface area contributed by atoms with Crippen LogP contribution in [0.1, 0.15) is 38.9 Å². The SMILES string of the molecule is CCC(COC(C)=O)C(OC(C)=O)c1ccccc1. The smallest absolute Gasteiger partial charge is 0.303 e.